The van der Waals surface area contributed by atoms with Crippen molar-refractivity contribution in [3.63, 3.8) is 0 Å². The monoisotopic (exact) mass is 357 g/mol. The zero-order valence-corrected chi connectivity index (χ0v) is 14.7. The molecule has 8 heteroatoms. The molecule has 0 fully saturated rings. The van der Waals surface area contributed by atoms with E-state index >= 15 is 0 Å². The molecule has 1 atom stereocenters. The molecule has 6 nitrogen and oxygen atoms in total. The zero-order valence-electron chi connectivity index (χ0n) is 13.1. The van der Waals surface area contributed by atoms with E-state index in [1.54, 1.807) is 6.20 Å². The molecule has 0 saturated carbocycles. The molecule has 0 saturated heterocycles. The first-order valence-electron chi connectivity index (χ1n) is 7.08. The van der Waals surface area contributed by atoms with Gasteiger partial charge in [0.1, 0.15) is 0 Å². The van der Waals surface area contributed by atoms with Crippen molar-refractivity contribution < 1.29 is 4.79 Å². The minimum atomic E-state index is -0.348. The molecular weight excluding hydrogens is 337 g/mol. The number of primary amides is 1. The van der Waals surface area contributed by atoms with E-state index in [-0.39, 0.29) is 43.2 Å². The van der Waals surface area contributed by atoms with Crippen LogP contribution in [-0.2, 0) is 24.7 Å². The lowest BCUT2D eigenvalue weighted by molar-refractivity contribution is -0.117. The standard InChI is InChI=1S/C15H19N5O.2ClH/c1-9-14-12(3-4-18-9)15(20(2)19-14)11-5-10(6-13(16)21)7-17-8-11;;/h5,7-9,18H,3-4,6H2,1-2H3,(H2,16,21);2*1H. The number of nitrogens with one attached hydrogen (secondary N) is 1. The number of aryl methyl sites for hydroxylation is 1. The second-order valence-electron chi connectivity index (χ2n) is 5.49. The number of nitrogens with zero attached hydrogens (tertiary/aromatic N) is 3. The molecule has 1 amide bonds. The largest absolute Gasteiger partial charge is 0.369 e. The summed E-state index contributed by atoms with van der Waals surface area (Å²) in [6.45, 7) is 3.07. The fraction of sp³-hybridized carbons (Fsp3) is 0.400. The lowest BCUT2D eigenvalue weighted by Gasteiger charge is -2.19. The average molecular weight is 358 g/mol. The van der Waals surface area contributed by atoms with Crippen molar-refractivity contribution in [3.8, 4) is 11.3 Å². The number of fused-ring (bicyclic) bond motifs is 1. The average Bonchev–Trinajstić information content (AvgIpc) is 2.76. The van der Waals surface area contributed by atoms with Crippen molar-refractivity contribution in [2.45, 2.75) is 25.8 Å². The number of aromatic nitrogens is 3. The van der Waals surface area contributed by atoms with Crippen LogP contribution >= 0.6 is 24.8 Å². The van der Waals surface area contributed by atoms with Crippen LogP contribution in [-0.4, -0.2) is 27.2 Å². The van der Waals surface area contributed by atoms with Gasteiger partial charge in [-0.05, 0) is 31.5 Å². The first kappa shape index (κ1) is 19.4. The summed E-state index contributed by atoms with van der Waals surface area (Å²) in [5, 5.41) is 8.05. The summed E-state index contributed by atoms with van der Waals surface area (Å²) in [4.78, 5) is 15.3. The Balaban J connectivity index is 0.00000132. The van der Waals surface area contributed by atoms with Crippen LogP contribution in [0.4, 0.5) is 0 Å². The number of halogens is 2. The third-order valence-electron chi connectivity index (χ3n) is 3.86. The molecule has 1 aliphatic heterocycles. The number of nitrogens with two attached hydrogens (primary N) is 1. The maximum atomic E-state index is 11.1. The van der Waals surface area contributed by atoms with Crippen molar-refractivity contribution >= 4 is 30.7 Å². The van der Waals surface area contributed by atoms with Crippen LogP contribution in [0.15, 0.2) is 18.5 Å². The van der Waals surface area contributed by atoms with E-state index < -0.39 is 0 Å². The highest BCUT2D eigenvalue weighted by Gasteiger charge is 2.24. The molecule has 23 heavy (non-hydrogen) atoms. The molecule has 0 aromatic carbocycles. The van der Waals surface area contributed by atoms with Crippen LogP contribution < -0.4 is 11.1 Å². The summed E-state index contributed by atoms with van der Waals surface area (Å²) in [6.07, 6.45) is 4.65. The van der Waals surface area contributed by atoms with Crippen LogP contribution in [0.25, 0.3) is 11.3 Å². The SMILES string of the molecule is CC1NCCc2c1nn(C)c2-c1cncc(CC(N)=O)c1.Cl.Cl. The number of carbonyl (C=O) groups is 1. The Kier molecular flexibility index (Phi) is 6.56. The smallest absolute Gasteiger partial charge is 0.221 e. The summed E-state index contributed by atoms with van der Waals surface area (Å²) in [7, 11) is 1.95. The van der Waals surface area contributed by atoms with E-state index in [0.717, 1.165) is 35.5 Å². The zero-order chi connectivity index (χ0) is 15.0. The van der Waals surface area contributed by atoms with E-state index in [4.69, 9.17) is 5.73 Å². The minimum absolute atomic E-state index is 0. The lowest BCUT2D eigenvalue weighted by atomic mass is 9.97. The van der Waals surface area contributed by atoms with Crippen LogP contribution in [0.3, 0.4) is 0 Å². The molecule has 3 rings (SSSR count). The van der Waals surface area contributed by atoms with Crippen molar-refractivity contribution in [1.29, 1.82) is 0 Å². The van der Waals surface area contributed by atoms with Gasteiger partial charge < -0.3 is 11.1 Å². The highest BCUT2D eigenvalue weighted by atomic mass is 35.5. The van der Waals surface area contributed by atoms with E-state index in [1.807, 2.05) is 24.0 Å². The third-order valence-corrected chi connectivity index (χ3v) is 3.86. The maximum Gasteiger partial charge on any atom is 0.221 e. The molecule has 3 N–H and O–H groups in total. The summed E-state index contributed by atoms with van der Waals surface area (Å²) in [5.41, 5.74) is 10.5. The van der Waals surface area contributed by atoms with Gasteiger partial charge in [-0.25, -0.2) is 0 Å². The molecule has 0 spiro atoms. The number of carbonyl (C=O) groups excluding carboxylic acids is 1. The number of rotatable bonds is 3. The van der Waals surface area contributed by atoms with E-state index in [9.17, 15) is 4.79 Å². The minimum Gasteiger partial charge on any atom is -0.369 e. The highest BCUT2D eigenvalue weighted by molar-refractivity contribution is 5.85. The molecule has 0 bridgehead atoms. The molecule has 1 unspecified atom stereocenters. The number of pyridine rings is 1. The van der Waals surface area contributed by atoms with E-state index in [1.165, 1.54) is 5.56 Å². The quantitative estimate of drug-likeness (QED) is 0.872. The molecule has 0 radical (unpaired) electrons. The lowest BCUT2D eigenvalue weighted by Crippen LogP contribution is -2.27. The van der Waals surface area contributed by atoms with Crippen LogP contribution in [0, 0.1) is 0 Å². The molecule has 3 heterocycles. The van der Waals surface area contributed by atoms with Gasteiger partial charge in [0.05, 0.1) is 17.8 Å². The molecular formula is C15H21Cl2N5O. The Hall–Kier alpha value is -1.63. The fourth-order valence-corrected chi connectivity index (χ4v) is 2.97. The van der Waals surface area contributed by atoms with E-state index in [2.05, 4.69) is 22.3 Å². The Morgan fingerprint density at radius 3 is 2.87 bits per heavy atom. The highest BCUT2D eigenvalue weighted by Crippen LogP contribution is 2.31. The van der Waals surface area contributed by atoms with Crippen LogP contribution in [0.2, 0.25) is 0 Å². The predicted molar refractivity (Wildman–Crippen MR) is 94.0 cm³/mol. The number of hydrogen-bond donors (Lipinski definition) is 2. The predicted octanol–water partition coefficient (Wildman–Crippen LogP) is 1.56. The summed E-state index contributed by atoms with van der Waals surface area (Å²) >= 11 is 0. The summed E-state index contributed by atoms with van der Waals surface area (Å²) in [5.74, 6) is -0.348. The van der Waals surface area contributed by atoms with Crippen LogP contribution in [0.5, 0.6) is 0 Å². The van der Waals surface area contributed by atoms with Gasteiger partial charge in [-0.2, -0.15) is 5.10 Å². The topological polar surface area (TPSA) is 85.8 Å². The molecule has 0 aliphatic carbocycles. The molecule has 1 aliphatic rings. The van der Waals surface area contributed by atoms with Gasteiger partial charge in [0.2, 0.25) is 5.91 Å². The van der Waals surface area contributed by atoms with Crippen molar-refractivity contribution in [2.24, 2.45) is 12.8 Å². The summed E-state index contributed by atoms with van der Waals surface area (Å²) in [6, 6.07) is 2.23. The van der Waals surface area contributed by atoms with Gasteiger partial charge in [0.15, 0.2) is 0 Å². The molecule has 126 valence electrons. The first-order valence-corrected chi connectivity index (χ1v) is 7.08. The van der Waals surface area contributed by atoms with Gasteiger partial charge >= 0.3 is 0 Å². The van der Waals surface area contributed by atoms with Crippen LogP contribution in [0.1, 0.15) is 29.8 Å². The Bertz CT molecular complexity index is 701. The summed E-state index contributed by atoms with van der Waals surface area (Å²) < 4.78 is 1.90. The van der Waals surface area contributed by atoms with Crippen molar-refractivity contribution in [1.82, 2.24) is 20.1 Å². The number of amides is 1. The second kappa shape index (κ2) is 7.77. The van der Waals surface area contributed by atoms with Gasteiger partial charge in [-0.15, -0.1) is 24.8 Å². The number of hydrogen-bond acceptors (Lipinski definition) is 4. The maximum absolute atomic E-state index is 11.1. The van der Waals surface area contributed by atoms with Gasteiger partial charge in [0, 0.05) is 36.6 Å². The van der Waals surface area contributed by atoms with E-state index in [0.29, 0.717) is 0 Å². The molecule has 2 aromatic heterocycles. The first-order chi connectivity index (χ1) is 10.1. The molecule has 2 aromatic rings. The Labute approximate surface area is 147 Å². The fourth-order valence-electron chi connectivity index (χ4n) is 2.97. The van der Waals surface area contributed by atoms with Gasteiger partial charge in [-0.3, -0.25) is 14.5 Å². The Morgan fingerprint density at radius 2 is 2.17 bits per heavy atom. The normalized spacial score (nSPS) is 16.0. The third kappa shape index (κ3) is 3.83. The second-order valence-corrected chi connectivity index (χ2v) is 5.49. The van der Waals surface area contributed by atoms with Crippen molar-refractivity contribution in [2.75, 3.05) is 6.54 Å². The van der Waals surface area contributed by atoms with Gasteiger partial charge in [0.25, 0.3) is 0 Å². The Morgan fingerprint density at radius 1 is 1.43 bits per heavy atom. The van der Waals surface area contributed by atoms with Gasteiger partial charge in [-0.1, -0.05) is 0 Å². The van der Waals surface area contributed by atoms with Crippen molar-refractivity contribution in [3.05, 3.63) is 35.3 Å².